The van der Waals surface area contributed by atoms with Gasteiger partial charge in [-0.25, -0.2) is 0 Å². The van der Waals surface area contributed by atoms with E-state index in [4.69, 9.17) is 5.73 Å². The average Bonchev–Trinajstić information content (AvgIpc) is 3.30. The molecule has 7 nitrogen and oxygen atoms in total. The zero-order valence-corrected chi connectivity index (χ0v) is 14.4. The van der Waals surface area contributed by atoms with Gasteiger partial charge in [0.1, 0.15) is 5.69 Å². The maximum Gasteiger partial charge on any atom is 0.269 e. The molecule has 1 saturated heterocycles. The van der Waals surface area contributed by atoms with E-state index in [-0.39, 0.29) is 17.5 Å². The molecular formula is C19H21N5O2. The lowest BCUT2D eigenvalue weighted by Gasteiger charge is -2.31. The van der Waals surface area contributed by atoms with Crippen molar-refractivity contribution in [2.75, 3.05) is 13.1 Å². The van der Waals surface area contributed by atoms with Crippen LogP contribution in [0, 0.1) is 0 Å². The number of nitrogens with two attached hydrogens (primary N) is 1. The molecule has 0 unspecified atom stereocenters. The predicted molar refractivity (Wildman–Crippen MR) is 97.7 cm³/mol. The van der Waals surface area contributed by atoms with Crippen LogP contribution in [0.4, 0.5) is 0 Å². The molecule has 0 spiro atoms. The molecule has 0 atom stereocenters. The molecule has 134 valence electrons. The van der Waals surface area contributed by atoms with E-state index in [0.29, 0.717) is 19.5 Å². The van der Waals surface area contributed by atoms with Crippen molar-refractivity contribution in [1.29, 1.82) is 0 Å². The maximum atomic E-state index is 12.7. The first-order chi connectivity index (χ1) is 12.6. The number of carbonyl (C=O) groups is 2. The van der Waals surface area contributed by atoms with Gasteiger partial charge < -0.3 is 15.6 Å². The lowest BCUT2D eigenvalue weighted by Crippen LogP contribution is -2.38. The quantitative estimate of drug-likeness (QED) is 0.668. The Balaban J connectivity index is 1.38. The number of benzene rings is 1. The van der Waals surface area contributed by atoms with Crippen LogP contribution in [0.2, 0.25) is 0 Å². The van der Waals surface area contributed by atoms with Crippen LogP contribution in [-0.4, -0.2) is 45.0 Å². The number of rotatable bonds is 4. The zero-order chi connectivity index (χ0) is 18.1. The molecule has 0 bridgehead atoms. The average molecular weight is 351 g/mol. The summed E-state index contributed by atoms with van der Waals surface area (Å²) >= 11 is 0. The van der Waals surface area contributed by atoms with E-state index in [1.54, 1.807) is 6.07 Å². The Morgan fingerprint density at radius 1 is 1.23 bits per heavy atom. The molecular weight excluding hydrogens is 330 g/mol. The summed E-state index contributed by atoms with van der Waals surface area (Å²) in [6.07, 6.45) is 4.02. The first kappa shape index (κ1) is 16.4. The Kier molecular flexibility index (Phi) is 4.20. The molecule has 1 aliphatic rings. The number of piperidine rings is 1. The van der Waals surface area contributed by atoms with E-state index in [9.17, 15) is 9.59 Å². The lowest BCUT2D eigenvalue weighted by atomic mass is 9.93. The van der Waals surface area contributed by atoms with E-state index in [1.165, 1.54) is 0 Å². The van der Waals surface area contributed by atoms with Crippen molar-refractivity contribution < 1.29 is 9.59 Å². The number of primary amides is 1. The first-order valence-electron chi connectivity index (χ1n) is 8.79. The minimum atomic E-state index is -0.529. The summed E-state index contributed by atoms with van der Waals surface area (Å²) in [5.74, 6) is -0.109. The molecule has 2 aromatic heterocycles. The molecule has 3 heterocycles. The number of nitrogens with one attached hydrogen (secondary N) is 2. The normalized spacial score (nSPS) is 15.5. The molecule has 26 heavy (non-hydrogen) atoms. The Morgan fingerprint density at radius 3 is 2.73 bits per heavy atom. The molecule has 0 radical (unpaired) electrons. The molecule has 2 amide bonds. The zero-order valence-electron chi connectivity index (χ0n) is 14.4. The Morgan fingerprint density at radius 2 is 2.00 bits per heavy atom. The van der Waals surface area contributed by atoms with Gasteiger partial charge in [-0.05, 0) is 30.5 Å². The lowest BCUT2D eigenvalue weighted by molar-refractivity contribution is -0.131. The molecule has 4 rings (SSSR count). The van der Waals surface area contributed by atoms with Crippen LogP contribution < -0.4 is 5.73 Å². The van der Waals surface area contributed by atoms with Gasteiger partial charge in [0, 0.05) is 41.8 Å². The van der Waals surface area contributed by atoms with Crippen LogP contribution >= 0.6 is 0 Å². The summed E-state index contributed by atoms with van der Waals surface area (Å²) in [5.41, 5.74) is 8.52. The number of carbonyl (C=O) groups excluding carboxylic acids is 2. The topological polar surface area (TPSA) is 108 Å². The highest BCUT2D eigenvalue weighted by molar-refractivity contribution is 5.91. The highest BCUT2D eigenvalue weighted by Crippen LogP contribution is 2.28. The summed E-state index contributed by atoms with van der Waals surface area (Å²) in [4.78, 5) is 29.0. The van der Waals surface area contributed by atoms with Gasteiger partial charge in [-0.15, -0.1) is 0 Å². The van der Waals surface area contributed by atoms with Crippen molar-refractivity contribution in [1.82, 2.24) is 20.1 Å². The van der Waals surface area contributed by atoms with Gasteiger partial charge in [-0.3, -0.25) is 14.7 Å². The first-order valence-corrected chi connectivity index (χ1v) is 8.79. The molecule has 1 fully saturated rings. The van der Waals surface area contributed by atoms with Crippen LogP contribution in [0.3, 0.4) is 0 Å². The van der Waals surface area contributed by atoms with Gasteiger partial charge in [0.15, 0.2) is 0 Å². The van der Waals surface area contributed by atoms with Gasteiger partial charge in [0.25, 0.3) is 5.91 Å². The third-order valence-corrected chi connectivity index (χ3v) is 5.15. The third kappa shape index (κ3) is 3.08. The van der Waals surface area contributed by atoms with Crippen molar-refractivity contribution in [3.63, 3.8) is 0 Å². The summed E-state index contributed by atoms with van der Waals surface area (Å²) in [6.45, 7) is 1.41. The van der Waals surface area contributed by atoms with Gasteiger partial charge in [-0.1, -0.05) is 18.2 Å². The number of para-hydroxylation sites is 1. The van der Waals surface area contributed by atoms with Gasteiger partial charge in [0.2, 0.25) is 5.91 Å². The molecule has 7 heteroatoms. The number of likely N-dealkylation sites (tertiary alicyclic amines) is 1. The van der Waals surface area contributed by atoms with E-state index < -0.39 is 5.91 Å². The number of H-pyrrole nitrogens is 2. The largest absolute Gasteiger partial charge is 0.364 e. The SMILES string of the molecule is NC(=O)c1cc(C2CCN(C(=O)Cc3c[nH]c4ccccc34)CC2)[nH]n1. The van der Waals surface area contributed by atoms with Gasteiger partial charge in [0.05, 0.1) is 6.42 Å². The van der Waals surface area contributed by atoms with Crippen LogP contribution in [0.25, 0.3) is 10.9 Å². The number of fused-ring (bicyclic) bond motifs is 1. The van der Waals surface area contributed by atoms with Crippen LogP contribution in [-0.2, 0) is 11.2 Å². The monoisotopic (exact) mass is 351 g/mol. The standard InChI is InChI=1S/C19H21N5O2/c20-19(26)17-10-16(22-23-17)12-5-7-24(8-6-12)18(25)9-13-11-21-15-4-2-1-3-14(13)15/h1-4,10-12,21H,5-9H2,(H2,20,26)(H,22,23). The van der Waals surface area contributed by atoms with Crippen LogP contribution in [0.5, 0.6) is 0 Å². The molecule has 0 aliphatic carbocycles. The molecule has 1 aliphatic heterocycles. The van der Waals surface area contributed by atoms with Crippen LogP contribution in [0.1, 0.15) is 40.5 Å². The minimum Gasteiger partial charge on any atom is -0.364 e. The number of nitrogens with zero attached hydrogens (tertiary/aromatic N) is 2. The summed E-state index contributed by atoms with van der Waals surface area (Å²) < 4.78 is 0. The Bertz CT molecular complexity index is 950. The van der Waals surface area contributed by atoms with E-state index >= 15 is 0 Å². The van der Waals surface area contributed by atoms with E-state index in [2.05, 4.69) is 15.2 Å². The van der Waals surface area contributed by atoms with Crippen molar-refractivity contribution >= 4 is 22.7 Å². The minimum absolute atomic E-state index is 0.149. The van der Waals surface area contributed by atoms with Gasteiger partial charge in [-0.2, -0.15) is 5.10 Å². The molecule has 4 N–H and O–H groups in total. The molecule has 3 aromatic rings. The maximum absolute atomic E-state index is 12.7. The number of hydrogen-bond donors (Lipinski definition) is 3. The van der Waals surface area contributed by atoms with Crippen molar-refractivity contribution in [3.05, 3.63) is 53.5 Å². The van der Waals surface area contributed by atoms with Crippen molar-refractivity contribution in [3.8, 4) is 0 Å². The second-order valence-electron chi connectivity index (χ2n) is 6.76. The molecule has 0 saturated carbocycles. The van der Waals surface area contributed by atoms with Gasteiger partial charge >= 0.3 is 0 Å². The number of aromatic amines is 2. The highest BCUT2D eigenvalue weighted by atomic mass is 16.2. The summed E-state index contributed by atoms with van der Waals surface area (Å²) in [6, 6.07) is 9.74. The second-order valence-corrected chi connectivity index (χ2v) is 6.76. The Hall–Kier alpha value is -3.09. The fourth-order valence-electron chi connectivity index (χ4n) is 3.66. The highest BCUT2D eigenvalue weighted by Gasteiger charge is 2.25. The van der Waals surface area contributed by atoms with E-state index in [0.717, 1.165) is 35.0 Å². The predicted octanol–water partition coefficient (Wildman–Crippen LogP) is 1.94. The number of hydrogen-bond acceptors (Lipinski definition) is 3. The number of aromatic nitrogens is 3. The van der Waals surface area contributed by atoms with Crippen LogP contribution in [0.15, 0.2) is 36.5 Å². The van der Waals surface area contributed by atoms with Crippen molar-refractivity contribution in [2.24, 2.45) is 5.73 Å². The smallest absolute Gasteiger partial charge is 0.269 e. The molecule has 1 aromatic carbocycles. The summed E-state index contributed by atoms with van der Waals surface area (Å²) in [5, 5.41) is 7.94. The Labute approximate surface area is 150 Å². The number of amides is 2. The fourth-order valence-corrected chi connectivity index (χ4v) is 3.66. The third-order valence-electron chi connectivity index (χ3n) is 5.15. The second kappa shape index (κ2) is 6.67. The van der Waals surface area contributed by atoms with E-state index in [1.807, 2.05) is 35.4 Å². The van der Waals surface area contributed by atoms with Crippen molar-refractivity contribution in [2.45, 2.75) is 25.2 Å². The fraction of sp³-hybridized carbons (Fsp3) is 0.316. The summed E-state index contributed by atoms with van der Waals surface area (Å²) in [7, 11) is 0.